The number of aromatic nitrogens is 4. The molecule has 1 aliphatic rings. The number of hydrogen-bond acceptors (Lipinski definition) is 6. The van der Waals surface area contributed by atoms with Crippen LogP contribution in [0.4, 0.5) is 11.5 Å². The molecule has 4 rings (SSSR count). The van der Waals surface area contributed by atoms with Gasteiger partial charge in [0.25, 0.3) is 0 Å². The molecule has 0 unspecified atom stereocenters. The fraction of sp³-hybridized carbons (Fsp3) is 0.417. The summed E-state index contributed by atoms with van der Waals surface area (Å²) in [5, 5.41) is 8.24. The van der Waals surface area contributed by atoms with Crippen LogP contribution in [0.5, 0.6) is 5.75 Å². The number of carbonyl (C=O) groups excluding carboxylic acids is 1. The first-order chi connectivity index (χ1) is 15.9. The van der Waals surface area contributed by atoms with Gasteiger partial charge < -0.3 is 15.0 Å². The Morgan fingerprint density at radius 3 is 2.58 bits per heavy atom. The van der Waals surface area contributed by atoms with Crippen molar-refractivity contribution < 1.29 is 9.53 Å². The molecule has 3 aromatic rings. The normalized spacial score (nSPS) is 13.4. The summed E-state index contributed by atoms with van der Waals surface area (Å²) >= 11 is 6.16. The second kappa shape index (κ2) is 9.79. The van der Waals surface area contributed by atoms with Crippen LogP contribution in [-0.4, -0.2) is 45.9 Å². The number of amides is 1. The van der Waals surface area contributed by atoms with Crippen LogP contribution in [0.2, 0.25) is 5.02 Å². The average Bonchev–Trinajstić information content (AvgIpc) is 3.43. The third-order valence-corrected chi connectivity index (χ3v) is 6.49. The highest BCUT2D eigenvalue weighted by molar-refractivity contribution is 6.31. The van der Waals surface area contributed by atoms with Crippen LogP contribution < -0.4 is 15.0 Å². The predicted octanol–water partition coefficient (Wildman–Crippen LogP) is 4.42. The first-order valence-electron chi connectivity index (χ1n) is 11.1. The fourth-order valence-electron chi connectivity index (χ4n) is 4.21. The zero-order valence-electron chi connectivity index (χ0n) is 19.5. The van der Waals surface area contributed by atoms with E-state index in [4.69, 9.17) is 21.4 Å². The van der Waals surface area contributed by atoms with E-state index < -0.39 is 0 Å². The summed E-state index contributed by atoms with van der Waals surface area (Å²) < 4.78 is 7.20. The molecular weight excluding hydrogens is 440 g/mol. The van der Waals surface area contributed by atoms with Crippen molar-refractivity contribution in [2.24, 2.45) is 0 Å². The minimum Gasteiger partial charge on any atom is -0.495 e. The third-order valence-electron chi connectivity index (χ3n) is 6.08. The number of nitrogens with zero attached hydrogens (tertiary/aromatic N) is 5. The molecule has 1 aliphatic heterocycles. The summed E-state index contributed by atoms with van der Waals surface area (Å²) in [5.74, 6) is 2.11. The van der Waals surface area contributed by atoms with Crippen LogP contribution in [0, 0.1) is 20.8 Å². The molecule has 33 heavy (non-hydrogen) atoms. The van der Waals surface area contributed by atoms with E-state index in [-0.39, 0.29) is 5.91 Å². The maximum Gasteiger partial charge on any atom is 0.224 e. The van der Waals surface area contributed by atoms with Gasteiger partial charge in [0.05, 0.1) is 18.5 Å². The van der Waals surface area contributed by atoms with Gasteiger partial charge in [-0.3, -0.25) is 4.79 Å². The first kappa shape index (κ1) is 23.0. The lowest BCUT2D eigenvalue weighted by Crippen LogP contribution is -2.19. The number of halogens is 1. The molecule has 1 aromatic carbocycles. The number of anilines is 2. The Bertz CT molecular complexity index is 1170. The summed E-state index contributed by atoms with van der Waals surface area (Å²) in [6, 6.07) is 5.51. The molecule has 1 N–H and O–H groups in total. The molecule has 0 saturated carbocycles. The van der Waals surface area contributed by atoms with Crippen LogP contribution in [0.25, 0.3) is 5.82 Å². The van der Waals surface area contributed by atoms with Crippen LogP contribution in [0.1, 0.15) is 41.8 Å². The Hall–Kier alpha value is -3.13. The number of nitrogens with one attached hydrogen (secondary N) is 1. The Labute approximate surface area is 198 Å². The number of benzene rings is 1. The van der Waals surface area contributed by atoms with Gasteiger partial charge in [-0.25, -0.2) is 14.6 Å². The van der Waals surface area contributed by atoms with E-state index in [1.807, 2.05) is 37.6 Å². The topological polar surface area (TPSA) is 85.2 Å². The largest absolute Gasteiger partial charge is 0.495 e. The van der Waals surface area contributed by atoms with Crippen molar-refractivity contribution in [3.8, 4) is 11.6 Å². The summed E-state index contributed by atoms with van der Waals surface area (Å²) in [4.78, 5) is 23.8. The summed E-state index contributed by atoms with van der Waals surface area (Å²) in [6.07, 6.45) is 4.86. The molecule has 9 heteroatoms. The molecule has 0 atom stereocenters. The zero-order chi connectivity index (χ0) is 23.5. The van der Waals surface area contributed by atoms with E-state index in [0.717, 1.165) is 47.2 Å². The smallest absolute Gasteiger partial charge is 0.224 e. The molecule has 1 amide bonds. The van der Waals surface area contributed by atoms with E-state index in [9.17, 15) is 4.79 Å². The fourth-order valence-corrected chi connectivity index (χ4v) is 4.37. The average molecular weight is 469 g/mol. The SMILES string of the molecule is COc1cc(Cl)c(C)cc1NC(=O)CCc1c(C)nn(-c2cc(N3CCCC3)ncn2)c1C. The second-order valence-corrected chi connectivity index (χ2v) is 8.75. The lowest BCUT2D eigenvalue weighted by atomic mass is 10.1. The summed E-state index contributed by atoms with van der Waals surface area (Å²) in [7, 11) is 1.56. The molecule has 3 heterocycles. The molecular formula is C24H29ClN6O2. The second-order valence-electron chi connectivity index (χ2n) is 8.34. The van der Waals surface area contributed by atoms with Gasteiger partial charge in [0.15, 0.2) is 5.82 Å². The van der Waals surface area contributed by atoms with E-state index in [1.54, 1.807) is 19.5 Å². The van der Waals surface area contributed by atoms with E-state index in [2.05, 4.69) is 20.2 Å². The van der Waals surface area contributed by atoms with E-state index in [1.165, 1.54) is 12.8 Å². The Morgan fingerprint density at radius 1 is 1.12 bits per heavy atom. The number of ether oxygens (including phenoxy) is 1. The van der Waals surface area contributed by atoms with E-state index >= 15 is 0 Å². The van der Waals surface area contributed by atoms with Crippen LogP contribution in [-0.2, 0) is 11.2 Å². The summed E-state index contributed by atoms with van der Waals surface area (Å²) in [5.41, 5.74) is 4.40. The van der Waals surface area contributed by atoms with Crippen molar-refractivity contribution in [2.75, 3.05) is 30.4 Å². The van der Waals surface area contributed by atoms with E-state index in [0.29, 0.717) is 29.3 Å². The molecule has 8 nitrogen and oxygen atoms in total. The molecule has 2 aromatic heterocycles. The highest BCUT2D eigenvalue weighted by Gasteiger charge is 2.18. The van der Waals surface area contributed by atoms with Crippen molar-refractivity contribution in [1.82, 2.24) is 19.7 Å². The number of carbonyl (C=O) groups is 1. The molecule has 1 saturated heterocycles. The van der Waals surface area contributed by atoms with Crippen molar-refractivity contribution in [1.29, 1.82) is 0 Å². The van der Waals surface area contributed by atoms with Crippen molar-refractivity contribution >= 4 is 29.0 Å². The van der Waals surface area contributed by atoms with Gasteiger partial charge in [-0.2, -0.15) is 5.10 Å². The predicted molar refractivity (Wildman–Crippen MR) is 130 cm³/mol. The highest BCUT2D eigenvalue weighted by Crippen LogP contribution is 2.31. The zero-order valence-corrected chi connectivity index (χ0v) is 20.2. The quantitative estimate of drug-likeness (QED) is 0.552. The van der Waals surface area contributed by atoms with Gasteiger partial charge in [-0.15, -0.1) is 0 Å². The Kier molecular flexibility index (Phi) is 6.83. The first-order valence-corrected chi connectivity index (χ1v) is 11.5. The molecule has 0 aliphatic carbocycles. The van der Waals surface area contributed by atoms with Crippen LogP contribution in [0.3, 0.4) is 0 Å². The lowest BCUT2D eigenvalue weighted by molar-refractivity contribution is -0.116. The van der Waals surface area contributed by atoms with Gasteiger partial charge in [0.1, 0.15) is 17.9 Å². The highest BCUT2D eigenvalue weighted by atomic mass is 35.5. The van der Waals surface area contributed by atoms with Crippen molar-refractivity contribution in [3.05, 3.63) is 52.1 Å². The van der Waals surface area contributed by atoms with Crippen LogP contribution in [0.15, 0.2) is 24.5 Å². The van der Waals surface area contributed by atoms with Gasteiger partial charge in [-0.05, 0) is 57.2 Å². The minimum atomic E-state index is -0.0973. The number of hydrogen-bond donors (Lipinski definition) is 1. The van der Waals surface area contributed by atoms with Crippen LogP contribution >= 0.6 is 11.6 Å². The molecule has 174 valence electrons. The number of rotatable bonds is 7. The molecule has 1 fully saturated rings. The third kappa shape index (κ3) is 4.95. The summed E-state index contributed by atoms with van der Waals surface area (Å²) in [6.45, 7) is 7.90. The van der Waals surface area contributed by atoms with Crippen molar-refractivity contribution in [3.63, 3.8) is 0 Å². The standard InChI is InChI=1S/C24H29ClN6O2/c1-15-11-20(21(33-4)12-19(15)25)28-24(32)8-7-18-16(2)29-31(17(18)3)23-13-22(26-14-27-23)30-9-5-6-10-30/h11-14H,5-10H2,1-4H3,(H,28,32). The Balaban J connectivity index is 1.48. The maximum atomic E-state index is 12.7. The molecule has 0 bridgehead atoms. The van der Waals surface area contributed by atoms with Gasteiger partial charge in [-0.1, -0.05) is 11.6 Å². The molecule has 0 spiro atoms. The molecule has 0 radical (unpaired) electrons. The van der Waals surface area contributed by atoms with Gasteiger partial charge >= 0.3 is 0 Å². The van der Waals surface area contributed by atoms with Gasteiger partial charge in [0, 0.05) is 42.4 Å². The number of aryl methyl sites for hydroxylation is 2. The number of methoxy groups -OCH3 is 1. The maximum absolute atomic E-state index is 12.7. The van der Waals surface area contributed by atoms with Gasteiger partial charge in [0.2, 0.25) is 5.91 Å². The Morgan fingerprint density at radius 2 is 1.85 bits per heavy atom. The monoisotopic (exact) mass is 468 g/mol. The van der Waals surface area contributed by atoms with Crippen molar-refractivity contribution in [2.45, 2.75) is 46.5 Å². The minimum absolute atomic E-state index is 0.0973. The lowest BCUT2D eigenvalue weighted by Gasteiger charge is -2.16.